The van der Waals surface area contributed by atoms with E-state index in [0.717, 1.165) is 17.1 Å². The minimum Gasteiger partial charge on any atom is -0.495 e. The zero-order chi connectivity index (χ0) is 11.9. The summed E-state index contributed by atoms with van der Waals surface area (Å²) in [7, 11) is 1.72. The van der Waals surface area contributed by atoms with E-state index in [4.69, 9.17) is 10.5 Å². The van der Waals surface area contributed by atoms with Crippen molar-refractivity contribution in [3.8, 4) is 5.75 Å². The molecule has 1 saturated heterocycles. The van der Waals surface area contributed by atoms with Gasteiger partial charge in [0.25, 0.3) is 0 Å². The van der Waals surface area contributed by atoms with Gasteiger partial charge in [-0.1, -0.05) is 12.8 Å². The molecular formula is C14H20N2O. The van der Waals surface area contributed by atoms with Gasteiger partial charge in [-0.3, -0.25) is 0 Å². The molecule has 1 saturated carbocycles. The van der Waals surface area contributed by atoms with Crippen LogP contribution < -0.4 is 15.4 Å². The van der Waals surface area contributed by atoms with Gasteiger partial charge in [-0.25, -0.2) is 0 Å². The van der Waals surface area contributed by atoms with Crippen LogP contribution in [-0.4, -0.2) is 20.2 Å². The van der Waals surface area contributed by atoms with E-state index in [1.807, 2.05) is 18.2 Å². The second-order valence-electron chi connectivity index (χ2n) is 5.49. The first kappa shape index (κ1) is 10.8. The van der Waals surface area contributed by atoms with Crippen molar-refractivity contribution in [2.75, 3.05) is 30.8 Å². The van der Waals surface area contributed by atoms with Gasteiger partial charge in [0.2, 0.25) is 0 Å². The summed E-state index contributed by atoms with van der Waals surface area (Å²) in [5.41, 5.74) is 8.44. The highest BCUT2D eigenvalue weighted by Gasteiger charge is 2.45. The average Bonchev–Trinajstić information content (AvgIpc) is 2.76. The van der Waals surface area contributed by atoms with E-state index in [0.29, 0.717) is 5.41 Å². The van der Waals surface area contributed by atoms with Crippen molar-refractivity contribution < 1.29 is 4.74 Å². The number of hydrogen-bond donors (Lipinski definition) is 1. The molecular weight excluding hydrogens is 212 g/mol. The molecule has 17 heavy (non-hydrogen) atoms. The Labute approximate surface area is 103 Å². The fourth-order valence-electron chi connectivity index (χ4n) is 3.33. The van der Waals surface area contributed by atoms with Crippen molar-refractivity contribution in [3.05, 3.63) is 18.2 Å². The van der Waals surface area contributed by atoms with Crippen molar-refractivity contribution in [3.63, 3.8) is 0 Å². The summed E-state index contributed by atoms with van der Waals surface area (Å²) >= 11 is 0. The van der Waals surface area contributed by atoms with Crippen LogP contribution in [0.25, 0.3) is 0 Å². The van der Waals surface area contributed by atoms with Crippen molar-refractivity contribution in [1.82, 2.24) is 0 Å². The lowest BCUT2D eigenvalue weighted by molar-refractivity contribution is 0.220. The Bertz CT molecular complexity index is 416. The van der Waals surface area contributed by atoms with Gasteiger partial charge in [-0.15, -0.1) is 0 Å². The van der Waals surface area contributed by atoms with Gasteiger partial charge < -0.3 is 15.4 Å². The van der Waals surface area contributed by atoms with E-state index in [1.54, 1.807) is 7.11 Å². The standard InChI is InChI=1S/C14H20N2O/c1-17-13-5-4-11(15)8-12(13)16-9-14(10-16)6-2-3-7-14/h4-5,8H,2-3,6-7,9-10,15H2,1H3. The second kappa shape index (κ2) is 3.83. The van der Waals surface area contributed by atoms with Gasteiger partial charge >= 0.3 is 0 Å². The van der Waals surface area contributed by atoms with Crippen molar-refractivity contribution in [1.29, 1.82) is 0 Å². The first-order chi connectivity index (χ1) is 8.22. The minimum absolute atomic E-state index is 0.607. The Morgan fingerprint density at radius 3 is 2.59 bits per heavy atom. The van der Waals surface area contributed by atoms with Gasteiger partial charge in [-0.05, 0) is 31.0 Å². The van der Waals surface area contributed by atoms with E-state index in [1.165, 1.54) is 38.8 Å². The molecule has 1 aromatic carbocycles. The topological polar surface area (TPSA) is 38.5 Å². The zero-order valence-corrected chi connectivity index (χ0v) is 10.4. The third-order valence-electron chi connectivity index (χ3n) is 4.26. The lowest BCUT2D eigenvalue weighted by Crippen LogP contribution is -2.55. The molecule has 2 N–H and O–H groups in total. The molecule has 1 heterocycles. The molecule has 92 valence electrons. The summed E-state index contributed by atoms with van der Waals surface area (Å²) in [6.07, 6.45) is 5.60. The number of nitrogen functional groups attached to an aromatic ring is 1. The Kier molecular flexibility index (Phi) is 2.42. The summed E-state index contributed by atoms with van der Waals surface area (Å²) in [5, 5.41) is 0. The molecule has 1 aromatic rings. The van der Waals surface area contributed by atoms with Gasteiger partial charge in [0.15, 0.2) is 0 Å². The molecule has 0 radical (unpaired) electrons. The normalized spacial score (nSPS) is 21.6. The third kappa shape index (κ3) is 1.74. The maximum Gasteiger partial charge on any atom is 0.142 e. The molecule has 0 bridgehead atoms. The fourth-order valence-corrected chi connectivity index (χ4v) is 3.33. The third-order valence-corrected chi connectivity index (χ3v) is 4.26. The number of anilines is 2. The Balaban J connectivity index is 1.79. The molecule has 3 heteroatoms. The molecule has 0 unspecified atom stereocenters. The Morgan fingerprint density at radius 1 is 1.24 bits per heavy atom. The lowest BCUT2D eigenvalue weighted by Gasteiger charge is -2.50. The number of nitrogens with zero attached hydrogens (tertiary/aromatic N) is 1. The van der Waals surface area contributed by atoms with Crippen molar-refractivity contribution in [2.45, 2.75) is 25.7 Å². The zero-order valence-electron chi connectivity index (χ0n) is 10.4. The van der Waals surface area contributed by atoms with Crippen molar-refractivity contribution >= 4 is 11.4 Å². The van der Waals surface area contributed by atoms with Crippen LogP contribution in [0.4, 0.5) is 11.4 Å². The highest BCUT2D eigenvalue weighted by Crippen LogP contribution is 2.48. The predicted octanol–water partition coefficient (Wildman–Crippen LogP) is 2.66. The maximum atomic E-state index is 5.86. The largest absolute Gasteiger partial charge is 0.495 e. The van der Waals surface area contributed by atoms with E-state index in [9.17, 15) is 0 Å². The lowest BCUT2D eigenvalue weighted by atomic mass is 9.78. The molecule has 2 fully saturated rings. The van der Waals surface area contributed by atoms with E-state index in [-0.39, 0.29) is 0 Å². The smallest absolute Gasteiger partial charge is 0.142 e. The summed E-state index contributed by atoms with van der Waals surface area (Å²) in [5.74, 6) is 0.937. The first-order valence-corrected chi connectivity index (χ1v) is 6.41. The number of nitrogens with two attached hydrogens (primary N) is 1. The molecule has 1 spiro atoms. The number of benzene rings is 1. The van der Waals surface area contributed by atoms with Gasteiger partial charge in [0.05, 0.1) is 12.8 Å². The van der Waals surface area contributed by atoms with Crippen LogP contribution in [0.1, 0.15) is 25.7 Å². The predicted molar refractivity (Wildman–Crippen MR) is 70.5 cm³/mol. The van der Waals surface area contributed by atoms with Crippen LogP contribution in [0.3, 0.4) is 0 Å². The summed E-state index contributed by atoms with van der Waals surface area (Å²) in [6, 6.07) is 5.89. The molecule has 3 rings (SSSR count). The molecule has 2 aliphatic rings. The minimum atomic E-state index is 0.607. The van der Waals surface area contributed by atoms with Crippen LogP contribution >= 0.6 is 0 Å². The summed E-state index contributed by atoms with van der Waals surface area (Å²) in [4.78, 5) is 2.40. The van der Waals surface area contributed by atoms with Crippen LogP contribution in [0.2, 0.25) is 0 Å². The highest BCUT2D eigenvalue weighted by molar-refractivity contribution is 5.66. The summed E-state index contributed by atoms with van der Waals surface area (Å²) < 4.78 is 5.41. The fraction of sp³-hybridized carbons (Fsp3) is 0.571. The average molecular weight is 232 g/mol. The molecule has 0 amide bonds. The van der Waals surface area contributed by atoms with Gasteiger partial charge in [0, 0.05) is 24.2 Å². The summed E-state index contributed by atoms with van der Waals surface area (Å²) in [6.45, 7) is 2.35. The number of ether oxygens (including phenoxy) is 1. The monoisotopic (exact) mass is 232 g/mol. The SMILES string of the molecule is COc1ccc(N)cc1N1CC2(CCCC2)C1. The van der Waals surface area contributed by atoms with Gasteiger partial charge in [0.1, 0.15) is 5.75 Å². The number of rotatable bonds is 2. The van der Waals surface area contributed by atoms with Crippen molar-refractivity contribution in [2.24, 2.45) is 5.41 Å². The van der Waals surface area contributed by atoms with Crippen LogP contribution in [0, 0.1) is 5.41 Å². The van der Waals surface area contributed by atoms with Crippen LogP contribution in [0.15, 0.2) is 18.2 Å². The van der Waals surface area contributed by atoms with E-state index >= 15 is 0 Å². The van der Waals surface area contributed by atoms with Crippen LogP contribution in [0.5, 0.6) is 5.75 Å². The molecule has 3 nitrogen and oxygen atoms in total. The molecule has 1 aliphatic heterocycles. The molecule has 1 aliphatic carbocycles. The molecule has 0 atom stereocenters. The molecule has 0 aromatic heterocycles. The maximum absolute atomic E-state index is 5.86. The highest BCUT2D eigenvalue weighted by atomic mass is 16.5. The number of methoxy groups -OCH3 is 1. The van der Waals surface area contributed by atoms with Crippen LogP contribution in [-0.2, 0) is 0 Å². The van der Waals surface area contributed by atoms with E-state index < -0.39 is 0 Å². The van der Waals surface area contributed by atoms with E-state index in [2.05, 4.69) is 4.90 Å². The first-order valence-electron chi connectivity index (χ1n) is 6.41. The number of hydrogen-bond acceptors (Lipinski definition) is 3. The Hall–Kier alpha value is -1.38. The van der Waals surface area contributed by atoms with Gasteiger partial charge in [-0.2, -0.15) is 0 Å². The quantitative estimate of drug-likeness (QED) is 0.797. The Morgan fingerprint density at radius 2 is 1.94 bits per heavy atom. The second-order valence-corrected chi connectivity index (χ2v) is 5.49.